The first-order valence-electron chi connectivity index (χ1n) is 10.4. The number of rotatable bonds is 3. The maximum atomic E-state index is 15.2. The van der Waals surface area contributed by atoms with Gasteiger partial charge in [-0.05, 0) is 58.4 Å². The summed E-state index contributed by atoms with van der Waals surface area (Å²) >= 11 is 6.02. The van der Waals surface area contributed by atoms with Crippen LogP contribution in [0.3, 0.4) is 0 Å². The normalized spacial score (nSPS) is 15.9. The lowest BCUT2D eigenvalue weighted by Crippen LogP contribution is -2.31. The summed E-state index contributed by atoms with van der Waals surface area (Å²) in [6.45, 7) is 9.56. The molecule has 32 heavy (non-hydrogen) atoms. The van der Waals surface area contributed by atoms with Crippen LogP contribution in [0, 0.1) is 26.6 Å². The van der Waals surface area contributed by atoms with Gasteiger partial charge >= 0.3 is 0 Å². The molecule has 5 rings (SSSR count). The zero-order valence-corrected chi connectivity index (χ0v) is 19.1. The van der Waals surface area contributed by atoms with Gasteiger partial charge in [0.15, 0.2) is 5.65 Å². The molecule has 1 atom stereocenters. The number of carbonyl (C=O) groups excluding carboxylic acids is 1. The number of anilines is 1. The fourth-order valence-electron chi connectivity index (χ4n) is 4.50. The van der Waals surface area contributed by atoms with Crippen LogP contribution < -0.4 is 4.90 Å². The number of carbonyl (C=O) groups is 1. The Labute approximate surface area is 189 Å². The highest BCUT2D eigenvalue weighted by atomic mass is 35.5. The third kappa shape index (κ3) is 2.86. The lowest BCUT2D eigenvalue weighted by atomic mass is 9.98. The van der Waals surface area contributed by atoms with Crippen LogP contribution in [-0.2, 0) is 0 Å². The Morgan fingerprint density at radius 1 is 1.12 bits per heavy atom. The predicted octanol–water partition coefficient (Wildman–Crippen LogP) is 4.97. The second kappa shape index (κ2) is 7.13. The van der Waals surface area contributed by atoms with E-state index in [1.807, 2.05) is 51.3 Å². The average Bonchev–Trinajstić information content (AvgIpc) is 3.36. The van der Waals surface area contributed by atoms with Gasteiger partial charge in [0.05, 0.1) is 17.4 Å². The first-order chi connectivity index (χ1) is 15.2. The molecule has 4 aromatic rings. The van der Waals surface area contributed by atoms with Gasteiger partial charge in [0, 0.05) is 28.4 Å². The van der Waals surface area contributed by atoms with Gasteiger partial charge in [0.2, 0.25) is 0 Å². The van der Waals surface area contributed by atoms with Crippen molar-refractivity contribution in [2.75, 3.05) is 4.90 Å². The zero-order valence-electron chi connectivity index (χ0n) is 18.4. The fraction of sp³-hybridized carbons (Fsp3) is 0.304. The monoisotopic (exact) mass is 452 g/mol. The van der Waals surface area contributed by atoms with E-state index in [1.54, 1.807) is 21.7 Å². The van der Waals surface area contributed by atoms with Crippen LogP contribution in [0.15, 0.2) is 30.5 Å². The summed E-state index contributed by atoms with van der Waals surface area (Å²) in [4.78, 5) is 15.5. The first-order valence-corrected chi connectivity index (χ1v) is 10.8. The Bertz CT molecular complexity index is 1410. The van der Waals surface area contributed by atoms with Crippen LogP contribution >= 0.6 is 11.6 Å². The van der Waals surface area contributed by atoms with Crippen molar-refractivity contribution >= 4 is 28.8 Å². The van der Waals surface area contributed by atoms with Crippen molar-refractivity contribution < 1.29 is 9.18 Å². The number of hydrogen-bond donors (Lipinski definition) is 0. The topological polar surface area (TPSA) is 68.3 Å². The number of pyridine rings is 1. The molecule has 0 saturated carbocycles. The van der Waals surface area contributed by atoms with Crippen molar-refractivity contribution in [3.05, 3.63) is 75.2 Å². The quantitative estimate of drug-likeness (QED) is 0.440. The highest BCUT2D eigenvalue weighted by Crippen LogP contribution is 2.45. The highest BCUT2D eigenvalue weighted by Gasteiger charge is 2.45. The molecule has 0 radical (unpaired) electrons. The second-order valence-electron chi connectivity index (χ2n) is 8.45. The molecule has 1 aliphatic rings. The van der Waals surface area contributed by atoms with E-state index in [1.165, 1.54) is 6.07 Å². The number of amides is 1. The van der Waals surface area contributed by atoms with E-state index < -0.39 is 11.9 Å². The van der Waals surface area contributed by atoms with Crippen LogP contribution in [0.4, 0.5) is 10.1 Å². The third-order valence-corrected chi connectivity index (χ3v) is 6.19. The molecule has 0 unspecified atom stereocenters. The molecule has 0 N–H and O–H groups in total. The maximum Gasteiger partial charge on any atom is 0.277 e. The number of aryl methyl sites for hydroxylation is 3. The van der Waals surface area contributed by atoms with E-state index in [4.69, 9.17) is 11.6 Å². The van der Waals surface area contributed by atoms with Gasteiger partial charge in [0.1, 0.15) is 17.3 Å². The molecule has 0 saturated heterocycles. The van der Waals surface area contributed by atoms with Crippen molar-refractivity contribution in [2.45, 2.75) is 46.7 Å². The lowest BCUT2D eigenvalue weighted by Gasteiger charge is -2.27. The largest absolute Gasteiger partial charge is 0.294 e. The zero-order chi connectivity index (χ0) is 22.9. The summed E-state index contributed by atoms with van der Waals surface area (Å²) in [7, 11) is 0. The minimum absolute atomic E-state index is 0.0265. The van der Waals surface area contributed by atoms with Gasteiger partial charge in [-0.3, -0.25) is 18.8 Å². The molecule has 4 heterocycles. The summed E-state index contributed by atoms with van der Waals surface area (Å²) in [5.74, 6) is 0.00845. The standard InChI is InChI=1S/C23H22ClFN6O/c1-11(2)31-21-19(13(4)28-31)20(17-7-6-15(24)9-18(17)25)30(23(21)32)16-8-12(3)22-27-26-14(5)29(22)10-16/h6-11,20H,1-5H3/t20-/m0/s1. The van der Waals surface area contributed by atoms with Crippen molar-refractivity contribution in [3.8, 4) is 0 Å². The predicted molar refractivity (Wildman–Crippen MR) is 120 cm³/mol. The summed E-state index contributed by atoms with van der Waals surface area (Å²) < 4.78 is 18.8. The number of halogens is 2. The van der Waals surface area contributed by atoms with Gasteiger partial charge in [-0.25, -0.2) is 4.39 Å². The van der Waals surface area contributed by atoms with Gasteiger partial charge < -0.3 is 0 Å². The van der Waals surface area contributed by atoms with Crippen molar-refractivity contribution in [1.29, 1.82) is 0 Å². The molecule has 0 spiro atoms. The molecular weight excluding hydrogens is 431 g/mol. The van der Waals surface area contributed by atoms with Crippen molar-refractivity contribution in [1.82, 2.24) is 24.4 Å². The first kappa shape index (κ1) is 20.6. The Hall–Kier alpha value is -3.26. The minimum atomic E-state index is -0.670. The Kier molecular flexibility index (Phi) is 4.60. The Morgan fingerprint density at radius 2 is 1.88 bits per heavy atom. The van der Waals surface area contributed by atoms with Gasteiger partial charge in [-0.1, -0.05) is 17.7 Å². The van der Waals surface area contributed by atoms with Crippen LogP contribution in [0.5, 0.6) is 0 Å². The van der Waals surface area contributed by atoms with Gasteiger partial charge in [-0.15, -0.1) is 10.2 Å². The van der Waals surface area contributed by atoms with E-state index in [-0.39, 0.29) is 11.9 Å². The van der Waals surface area contributed by atoms with Crippen LogP contribution in [-0.4, -0.2) is 30.3 Å². The molecule has 1 amide bonds. The summed E-state index contributed by atoms with van der Waals surface area (Å²) in [6, 6.07) is 5.74. The van der Waals surface area contributed by atoms with Crippen LogP contribution in [0.1, 0.15) is 64.6 Å². The molecule has 3 aromatic heterocycles. The van der Waals surface area contributed by atoms with E-state index >= 15 is 4.39 Å². The number of nitrogens with zero attached hydrogens (tertiary/aromatic N) is 6. The van der Waals surface area contributed by atoms with Crippen LogP contribution in [0.25, 0.3) is 5.65 Å². The van der Waals surface area contributed by atoms with E-state index in [2.05, 4.69) is 15.3 Å². The van der Waals surface area contributed by atoms with E-state index in [0.717, 1.165) is 5.56 Å². The number of hydrogen-bond acceptors (Lipinski definition) is 4. The summed E-state index contributed by atoms with van der Waals surface area (Å²) in [5.41, 5.74) is 4.47. The molecule has 9 heteroatoms. The molecule has 1 aliphatic heterocycles. The molecular formula is C23H22ClFN6O. The fourth-order valence-corrected chi connectivity index (χ4v) is 4.66. The van der Waals surface area contributed by atoms with Gasteiger partial charge in [0.25, 0.3) is 5.91 Å². The maximum absolute atomic E-state index is 15.2. The molecule has 1 aromatic carbocycles. The number of aromatic nitrogens is 5. The van der Waals surface area contributed by atoms with Crippen molar-refractivity contribution in [3.63, 3.8) is 0 Å². The number of benzene rings is 1. The van der Waals surface area contributed by atoms with Crippen LogP contribution in [0.2, 0.25) is 5.02 Å². The third-order valence-electron chi connectivity index (χ3n) is 5.95. The number of fused-ring (bicyclic) bond motifs is 2. The van der Waals surface area contributed by atoms with Gasteiger partial charge in [-0.2, -0.15) is 5.10 Å². The smallest absolute Gasteiger partial charge is 0.277 e. The highest BCUT2D eigenvalue weighted by molar-refractivity contribution is 6.30. The summed E-state index contributed by atoms with van der Waals surface area (Å²) in [5, 5.41) is 13.3. The molecule has 7 nitrogen and oxygen atoms in total. The van der Waals surface area contributed by atoms with E-state index in [0.29, 0.717) is 44.7 Å². The average molecular weight is 453 g/mol. The lowest BCUT2D eigenvalue weighted by molar-refractivity contribution is 0.0981. The Balaban J connectivity index is 1.80. The van der Waals surface area contributed by atoms with E-state index in [9.17, 15) is 4.79 Å². The second-order valence-corrected chi connectivity index (χ2v) is 8.89. The molecule has 0 aliphatic carbocycles. The Morgan fingerprint density at radius 3 is 2.56 bits per heavy atom. The summed E-state index contributed by atoms with van der Waals surface area (Å²) in [6.07, 6.45) is 1.82. The minimum Gasteiger partial charge on any atom is -0.294 e. The SMILES string of the molecule is Cc1nn(C(C)C)c2c1[C@H](c1ccc(Cl)cc1F)N(c1cc(C)c3nnc(C)n3c1)C2=O. The molecule has 0 bridgehead atoms. The van der Waals surface area contributed by atoms with Crippen molar-refractivity contribution in [2.24, 2.45) is 0 Å². The molecule has 0 fully saturated rings. The molecule has 164 valence electrons.